The molecule has 0 saturated heterocycles. The Morgan fingerprint density at radius 1 is 0.852 bits per heavy atom. The number of fused-ring (bicyclic) bond motifs is 1. The van der Waals surface area contributed by atoms with Gasteiger partial charge in [0.2, 0.25) is 0 Å². The average molecular weight is 411 g/mol. The molecule has 0 unspecified atom stereocenters. The maximum absolute atomic E-state index is 13.7. The molecule has 2 heterocycles. The molecular weight excluding hydrogens is 400 g/mol. The SMILES string of the molecule is CC(C)(C)c1nc2cc(C(F)(F)C(F)(F)C(F)(F)F)ncn2c1C(F)(F)F. The first kappa shape index (κ1) is 21.2. The van der Waals surface area contributed by atoms with Crippen LogP contribution in [0.3, 0.4) is 0 Å². The van der Waals surface area contributed by atoms with Gasteiger partial charge >= 0.3 is 24.2 Å². The molecule has 0 fully saturated rings. The summed E-state index contributed by atoms with van der Waals surface area (Å²) < 4.78 is 131. The van der Waals surface area contributed by atoms with E-state index in [1.807, 2.05) is 0 Å². The summed E-state index contributed by atoms with van der Waals surface area (Å²) in [5, 5.41) is 0. The molecule has 0 atom stereocenters. The summed E-state index contributed by atoms with van der Waals surface area (Å²) in [5.41, 5.74) is -6.20. The largest absolute Gasteiger partial charge is 0.460 e. The van der Waals surface area contributed by atoms with Gasteiger partial charge in [0.15, 0.2) is 5.69 Å². The van der Waals surface area contributed by atoms with Crippen LogP contribution in [-0.4, -0.2) is 26.5 Å². The minimum Gasteiger partial charge on any atom is -0.279 e. The first-order valence-corrected chi connectivity index (χ1v) is 7.10. The summed E-state index contributed by atoms with van der Waals surface area (Å²) in [6.07, 6.45) is -11.5. The highest BCUT2D eigenvalue weighted by Gasteiger charge is 2.74. The third-order valence-corrected chi connectivity index (χ3v) is 3.57. The van der Waals surface area contributed by atoms with Gasteiger partial charge in [-0.3, -0.25) is 4.40 Å². The first-order valence-electron chi connectivity index (χ1n) is 7.10. The zero-order valence-corrected chi connectivity index (χ0v) is 13.8. The molecule has 13 heteroatoms. The smallest absolute Gasteiger partial charge is 0.279 e. The van der Waals surface area contributed by atoms with E-state index in [-0.39, 0.29) is 16.8 Å². The van der Waals surface area contributed by atoms with Crippen LogP contribution in [0.1, 0.15) is 37.9 Å². The Labute approximate surface area is 145 Å². The van der Waals surface area contributed by atoms with Crippen LogP contribution in [0.4, 0.5) is 43.9 Å². The van der Waals surface area contributed by atoms with E-state index in [4.69, 9.17) is 0 Å². The molecular formula is C14H11F10N3. The highest BCUT2D eigenvalue weighted by atomic mass is 19.4. The van der Waals surface area contributed by atoms with Gasteiger partial charge in [-0.1, -0.05) is 20.8 Å². The molecule has 2 rings (SSSR count). The third kappa shape index (κ3) is 3.31. The van der Waals surface area contributed by atoms with Crippen molar-refractivity contribution in [1.82, 2.24) is 14.4 Å². The van der Waals surface area contributed by atoms with Crippen molar-refractivity contribution in [3.63, 3.8) is 0 Å². The van der Waals surface area contributed by atoms with Crippen LogP contribution < -0.4 is 0 Å². The Kier molecular flexibility index (Phi) is 4.49. The lowest BCUT2D eigenvalue weighted by Gasteiger charge is -2.27. The monoisotopic (exact) mass is 411 g/mol. The second-order valence-corrected chi connectivity index (χ2v) is 6.71. The second kappa shape index (κ2) is 5.71. The summed E-state index contributed by atoms with van der Waals surface area (Å²) in [4.78, 5) is 6.23. The van der Waals surface area contributed by atoms with Gasteiger partial charge in [0.05, 0.1) is 5.69 Å². The first-order chi connectivity index (χ1) is 11.8. The molecule has 3 nitrogen and oxygen atoms in total. The van der Waals surface area contributed by atoms with Crippen LogP contribution in [0, 0.1) is 0 Å². The fourth-order valence-electron chi connectivity index (χ4n) is 2.25. The van der Waals surface area contributed by atoms with Crippen molar-refractivity contribution in [1.29, 1.82) is 0 Å². The van der Waals surface area contributed by atoms with Crippen LogP contribution in [0.5, 0.6) is 0 Å². The zero-order chi connectivity index (χ0) is 21.2. The molecule has 0 aliphatic carbocycles. The molecule has 0 aromatic carbocycles. The molecule has 0 radical (unpaired) electrons. The van der Waals surface area contributed by atoms with Gasteiger partial charge in [0, 0.05) is 11.5 Å². The lowest BCUT2D eigenvalue weighted by Crippen LogP contribution is -2.50. The predicted molar refractivity (Wildman–Crippen MR) is 71.6 cm³/mol. The van der Waals surface area contributed by atoms with Gasteiger partial charge in [0.1, 0.15) is 17.7 Å². The highest BCUT2D eigenvalue weighted by molar-refractivity contribution is 5.47. The Balaban J connectivity index is 2.76. The van der Waals surface area contributed by atoms with Crippen molar-refractivity contribution in [3.05, 3.63) is 29.5 Å². The zero-order valence-electron chi connectivity index (χ0n) is 13.8. The van der Waals surface area contributed by atoms with Crippen LogP contribution in [0.2, 0.25) is 0 Å². The van der Waals surface area contributed by atoms with E-state index >= 15 is 0 Å². The van der Waals surface area contributed by atoms with Gasteiger partial charge in [-0.15, -0.1) is 0 Å². The standard InChI is InChI=1S/C14H11F10N3/c1-10(2,3)8-9(12(17,18)19)27-5-25-6(4-7(27)26-8)11(15,16)13(20,21)14(22,23)24/h4-5H,1-3H3. The van der Waals surface area contributed by atoms with E-state index in [9.17, 15) is 43.9 Å². The Morgan fingerprint density at radius 2 is 1.37 bits per heavy atom. The highest BCUT2D eigenvalue weighted by Crippen LogP contribution is 2.51. The summed E-state index contributed by atoms with van der Waals surface area (Å²) in [6, 6.07) is -0.0237. The molecule has 0 spiro atoms. The van der Waals surface area contributed by atoms with E-state index in [1.165, 1.54) is 20.8 Å². The number of halogens is 10. The van der Waals surface area contributed by atoms with Crippen LogP contribution in [-0.2, 0) is 17.5 Å². The maximum atomic E-state index is 13.7. The molecule has 27 heavy (non-hydrogen) atoms. The van der Waals surface area contributed by atoms with Crippen molar-refractivity contribution in [3.8, 4) is 0 Å². The number of alkyl halides is 10. The quantitative estimate of drug-likeness (QED) is 0.625. The van der Waals surface area contributed by atoms with E-state index < -0.39 is 52.3 Å². The predicted octanol–water partition coefficient (Wildman–Crippen LogP) is 5.34. The summed E-state index contributed by atoms with van der Waals surface area (Å²) >= 11 is 0. The van der Waals surface area contributed by atoms with Gasteiger partial charge in [0.25, 0.3) is 0 Å². The van der Waals surface area contributed by atoms with E-state index in [2.05, 4.69) is 9.97 Å². The van der Waals surface area contributed by atoms with Gasteiger partial charge in [-0.05, 0) is 0 Å². The fourth-order valence-corrected chi connectivity index (χ4v) is 2.25. The fraction of sp³-hybridized carbons (Fsp3) is 0.571. The normalized spacial score (nSPS) is 14.9. The molecule has 0 saturated carbocycles. The number of nitrogens with zero attached hydrogens (tertiary/aromatic N) is 3. The summed E-state index contributed by atoms with van der Waals surface area (Å²) in [7, 11) is 0. The molecule has 0 amide bonds. The Morgan fingerprint density at radius 3 is 1.78 bits per heavy atom. The average Bonchev–Trinajstić information content (AvgIpc) is 2.84. The van der Waals surface area contributed by atoms with Crippen molar-refractivity contribution >= 4 is 5.65 Å². The second-order valence-electron chi connectivity index (χ2n) is 6.71. The maximum Gasteiger partial charge on any atom is 0.460 e. The molecule has 0 aliphatic rings. The van der Waals surface area contributed by atoms with Gasteiger partial charge < -0.3 is 0 Å². The van der Waals surface area contributed by atoms with Crippen molar-refractivity contribution < 1.29 is 43.9 Å². The minimum absolute atomic E-state index is 0.0237. The topological polar surface area (TPSA) is 30.2 Å². The molecule has 152 valence electrons. The third-order valence-electron chi connectivity index (χ3n) is 3.57. The van der Waals surface area contributed by atoms with Crippen molar-refractivity contribution in [2.45, 2.75) is 50.4 Å². The molecule has 2 aromatic rings. The summed E-state index contributed by atoms with van der Waals surface area (Å²) in [5.74, 6) is -12.3. The molecule has 0 N–H and O–H groups in total. The van der Waals surface area contributed by atoms with E-state index in [0.717, 1.165) is 0 Å². The molecule has 2 aromatic heterocycles. The number of hydrogen-bond donors (Lipinski definition) is 0. The van der Waals surface area contributed by atoms with E-state index in [0.29, 0.717) is 0 Å². The number of imidazole rings is 1. The molecule has 0 aliphatic heterocycles. The lowest BCUT2D eigenvalue weighted by atomic mass is 9.90. The minimum atomic E-state index is -6.60. The number of rotatable bonds is 2. The lowest BCUT2D eigenvalue weighted by molar-refractivity contribution is -0.360. The van der Waals surface area contributed by atoms with Crippen LogP contribution >= 0.6 is 0 Å². The Hall–Kier alpha value is -2.08. The van der Waals surface area contributed by atoms with Crippen molar-refractivity contribution in [2.24, 2.45) is 0 Å². The summed E-state index contributed by atoms with van der Waals surface area (Å²) in [6.45, 7) is 3.97. The van der Waals surface area contributed by atoms with Gasteiger partial charge in [-0.2, -0.15) is 43.9 Å². The number of aromatic nitrogens is 3. The van der Waals surface area contributed by atoms with Gasteiger partial charge in [-0.25, -0.2) is 9.97 Å². The molecule has 0 bridgehead atoms. The Bertz CT molecular complexity index is 855. The number of hydrogen-bond acceptors (Lipinski definition) is 2. The van der Waals surface area contributed by atoms with Crippen LogP contribution in [0.25, 0.3) is 5.65 Å². The van der Waals surface area contributed by atoms with Crippen molar-refractivity contribution in [2.75, 3.05) is 0 Å². The van der Waals surface area contributed by atoms with Crippen LogP contribution in [0.15, 0.2) is 12.4 Å². The van der Waals surface area contributed by atoms with E-state index in [1.54, 1.807) is 0 Å².